The Morgan fingerprint density at radius 1 is 0.814 bits per heavy atom. The monoisotopic (exact) mass is 619 g/mol. The number of nitrogens with zero attached hydrogens (tertiary/aromatic N) is 2. The quantitative estimate of drug-likeness (QED) is 0.225. The first-order valence-corrected chi connectivity index (χ1v) is 15.9. The minimum absolute atomic E-state index is 0.0742. The van der Waals surface area contributed by atoms with Gasteiger partial charge in [-0.3, -0.25) is 13.9 Å². The van der Waals surface area contributed by atoms with Gasteiger partial charge >= 0.3 is 0 Å². The molecule has 4 aromatic rings. The van der Waals surface area contributed by atoms with E-state index in [-0.39, 0.29) is 18.9 Å². The maximum Gasteiger partial charge on any atom is 0.244 e. The second-order valence-electron chi connectivity index (χ2n) is 10.0. The number of rotatable bonds is 13. The Hall–Kier alpha value is -4.34. The fourth-order valence-corrected chi connectivity index (χ4v) is 5.55. The Morgan fingerprint density at radius 2 is 1.40 bits per heavy atom. The van der Waals surface area contributed by atoms with Crippen molar-refractivity contribution in [1.82, 2.24) is 10.2 Å². The molecule has 4 aromatic carbocycles. The lowest BCUT2D eigenvalue weighted by Gasteiger charge is -2.33. The lowest BCUT2D eigenvalue weighted by Crippen LogP contribution is -2.52. The summed E-state index contributed by atoms with van der Waals surface area (Å²) in [7, 11) is -2.37. The lowest BCUT2D eigenvalue weighted by atomic mass is 10.0. The number of nitrogens with one attached hydrogen (secondary N) is 1. The summed E-state index contributed by atoms with van der Waals surface area (Å²) in [5.41, 5.74) is 2.90. The molecule has 0 saturated carbocycles. The summed E-state index contributed by atoms with van der Waals surface area (Å²) in [6.45, 7) is -0.0693. The van der Waals surface area contributed by atoms with Gasteiger partial charge in [0.15, 0.2) is 0 Å². The molecule has 0 spiro atoms. The second-order valence-corrected chi connectivity index (χ2v) is 12.3. The zero-order valence-electron chi connectivity index (χ0n) is 24.0. The number of anilines is 1. The minimum Gasteiger partial charge on any atom is -0.489 e. The Labute approximate surface area is 257 Å². The van der Waals surface area contributed by atoms with Crippen molar-refractivity contribution in [2.24, 2.45) is 0 Å². The molecular weight excluding hydrogens is 586 g/mol. The van der Waals surface area contributed by atoms with E-state index in [1.807, 2.05) is 60.7 Å². The largest absolute Gasteiger partial charge is 0.489 e. The van der Waals surface area contributed by atoms with Crippen molar-refractivity contribution in [2.45, 2.75) is 25.6 Å². The summed E-state index contributed by atoms with van der Waals surface area (Å²) in [5, 5.41) is 3.20. The summed E-state index contributed by atoms with van der Waals surface area (Å²) in [4.78, 5) is 28.6. The van der Waals surface area contributed by atoms with E-state index < -0.39 is 28.5 Å². The minimum atomic E-state index is -3.88. The Morgan fingerprint density at radius 3 is 1.95 bits per heavy atom. The highest BCUT2D eigenvalue weighted by Crippen LogP contribution is 2.24. The molecule has 0 unspecified atom stereocenters. The van der Waals surface area contributed by atoms with Gasteiger partial charge in [-0.15, -0.1) is 0 Å². The number of carbonyl (C=O) groups excluding carboxylic acids is 2. The highest BCUT2D eigenvalue weighted by atomic mass is 35.5. The molecule has 8 nitrogen and oxygen atoms in total. The van der Waals surface area contributed by atoms with Gasteiger partial charge in [0.25, 0.3) is 0 Å². The zero-order valence-corrected chi connectivity index (χ0v) is 25.6. The topological polar surface area (TPSA) is 96.0 Å². The van der Waals surface area contributed by atoms with E-state index in [0.29, 0.717) is 23.1 Å². The fourth-order valence-electron chi connectivity index (χ4n) is 4.57. The Bertz CT molecular complexity index is 1600. The summed E-state index contributed by atoms with van der Waals surface area (Å²) in [5.74, 6) is -0.342. The predicted molar refractivity (Wildman–Crippen MR) is 169 cm³/mol. The van der Waals surface area contributed by atoms with Crippen LogP contribution in [0.25, 0.3) is 0 Å². The molecule has 0 aliphatic heterocycles. The molecule has 0 aromatic heterocycles. The normalized spacial score (nSPS) is 11.8. The Kier molecular flexibility index (Phi) is 10.8. The van der Waals surface area contributed by atoms with E-state index in [4.69, 9.17) is 16.3 Å². The molecule has 1 N–H and O–H groups in total. The first-order valence-electron chi connectivity index (χ1n) is 13.7. The van der Waals surface area contributed by atoms with E-state index in [1.54, 1.807) is 48.5 Å². The number of amides is 2. The van der Waals surface area contributed by atoms with Crippen molar-refractivity contribution in [3.63, 3.8) is 0 Å². The molecule has 0 fully saturated rings. The molecule has 2 amide bonds. The van der Waals surface area contributed by atoms with E-state index in [0.717, 1.165) is 27.3 Å². The number of sulfonamides is 1. The fraction of sp³-hybridized carbons (Fsp3) is 0.212. The molecule has 224 valence electrons. The average Bonchev–Trinajstić information content (AvgIpc) is 3.01. The maximum atomic E-state index is 14.0. The third kappa shape index (κ3) is 9.07. The summed E-state index contributed by atoms with van der Waals surface area (Å²) in [6.07, 6.45) is 1.29. The molecule has 1 atom stereocenters. The third-order valence-electron chi connectivity index (χ3n) is 6.84. The van der Waals surface area contributed by atoms with Crippen molar-refractivity contribution < 1.29 is 22.7 Å². The third-order valence-corrected chi connectivity index (χ3v) is 8.23. The molecule has 0 saturated heterocycles. The van der Waals surface area contributed by atoms with Crippen molar-refractivity contribution in [2.75, 3.05) is 24.2 Å². The van der Waals surface area contributed by atoms with Crippen molar-refractivity contribution in [3.8, 4) is 5.75 Å². The molecule has 0 aliphatic carbocycles. The molecular formula is C33H34ClN3O5S. The average molecular weight is 620 g/mol. The predicted octanol–water partition coefficient (Wildman–Crippen LogP) is 5.07. The van der Waals surface area contributed by atoms with E-state index in [1.165, 1.54) is 11.9 Å². The number of ether oxygens (including phenoxy) is 1. The smallest absolute Gasteiger partial charge is 0.244 e. The van der Waals surface area contributed by atoms with Crippen LogP contribution in [0.5, 0.6) is 5.75 Å². The number of hydrogen-bond acceptors (Lipinski definition) is 5. The molecule has 0 heterocycles. The van der Waals surface area contributed by atoms with Crippen molar-refractivity contribution >= 4 is 39.1 Å². The van der Waals surface area contributed by atoms with Crippen LogP contribution in [-0.2, 0) is 39.2 Å². The molecule has 43 heavy (non-hydrogen) atoms. The lowest BCUT2D eigenvalue weighted by molar-refractivity contribution is -0.139. The molecule has 0 radical (unpaired) electrons. The van der Waals surface area contributed by atoms with Crippen LogP contribution >= 0.6 is 11.6 Å². The van der Waals surface area contributed by atoms with Gasteiger partial charge < -0.3 is 15.0 Å². The summed E-state index contributed by atoms with van der Waals surface area (Å²) >= 11 is 6.08. The van der Waals surface area contributed by atoms with Gasteiger partial charge in [0.1, 0.15) is 24.9 Å². The van der Waals surface area contributed by atoms with Crippen LogP contribution in [0.3, 0.4) is 0 Å². The van der Waals surface area contributed by atoms with Gasteiger partial charge in [-0.2, -0.15) is 0 Å². The van der Waals surface area contributed by atoms with Crippen molar-refractivity contribution in [1.29, 1.82) is 0 Å². The number of likely N-dealkylation sites (N-methyl/N-ethyl adjacent to an activating group) is 1. The highest BCUT2D eigenvalue weighted by Gasteiger charge is 2.32. The summed E-state index contributed by atoms with van der Waals surface area (Å²) in [6, 6.07) is 31.6. The van der Waals surface area contributed by atoms with Crippen LogP contribution in [0.1, 0.15) is 16.7 Å². The number of carbonyl (C=O) groups is 2. The SMILES string of the molecule is CNC(=O)[C@@H](Cc1ccccc1)N(Cc1ccc(Cl)cc1)C(=O)CN(c1ccc(OCc2ccccc2)cc1)S(C)(=O)=O. The number of hydrogen-bond donors (Lipinski definition) is 1. The molecule has 10 heteroatoms. The van der Waals surface area contributed by atoms with E-state index in [9.17, 15) is 18.0 Å². The van der Waals surface area contributed by atoms with Crippen LogP contribution in [0.4, 0.5) is 5.69 Å². The van der Waals surface area contributed by atoms with Gasteiger partial charge in [-0.25, -0.2) is 8.42 Å². The molecule has 0 aliphatic rings. The Balaban J connectivity index is 1.61. The van der Waals surface area contributed by atoms with Crippen LogP contribution in [-0.4, -0.2) is 51.0 Å². The van der Waals surface area contributed by atoms with Crippen LogP contribution in [0.15, 0.2) is 109 Å². The molecule has 0 bridgehead atoms. The van der Waals surface area contributed by atoms with Gasteiger partial charge in [0.2, 0.25) is 21.8 Å². The van der Waals surface area contributed by atoms with Gasteiger partial charge in [0, 0.05) is 25.0 Å². The maximum absolute atomic E-state index is 14.0. The van der Waals surface area contributed by atoms with Gasteiger partial charge in [-0.05, 0) is 53.1 Å². The number of halogens is 1. The molecule has 4 rings (SSSR count). The first-order chi connectivity index (χ1) is 20.6. The van der Waals surface area contributed by atoms with Crippen LogP contribution in [0, 0.1) is 0 Å². The summed E-state index contributed by atoms with van der Waals surface area (Å²) < 4.78 is 32.8. The first kappa shape index (κ1) is 31.6. The zero-order chi connectivity index (χ0) is 30.8. The standard InChI is InChI=1S/C33H34ClN3O5S/c1-35-33(39)31(21-25-9-5-3-6-10-25)36(22-26-13-15-28(34)16-14-26)32(38)23-37(43(2,40)41)29-17-19-30(20-18-29)42-24-27-11-7-4-8-12-27/h3-20,31H,21-24H2,1-2H3,(H,35,39)/t31-/m1/s1. The van der Waals surface area contributed by atoms with E-state index in [2.05, 4.69) is 5.32 Å². The second kappa shape index (κ2) is 14.7. The van der Waals surface area contributed by atoms with Gasteiger partial charge in [0.05, 0.1) is 11.9 Å². The van der Waals surface area contributed by atoms with Gasteiger partial charge in [-0.1, -0.05) is 84.4 Å². The highest BCUT2D eigenvalue weighted by molar-refractivity contribution is 7.92. The number of benzene rings is 4. The van der Waals surface area contributed by atoms with E-state index >= 15 is 0 Å². The van der Waals surface area contributed by atoms with Crippen LogP contribution in [0.2, 0.25) is 5.02 Å². The van der Waals surface area contributed by atoms with Crippen LogP contribution < -0.4 is 14.4 Å². The van der Waals surface area contributed by atoms with Crippen molar-refractivity contribution in [3.05, 3.63) is 131 Å².